The van der Waals surface area contributed by atoms with E-state index in [1.165, 1.54) is 5.56 Å². The molecule has 0 aliphatic rings. The van der Waals surface area contributed by atoms with E-state index in [4.69, 9.17) is 18.9 Å². The highest BCUT2D eigenvalue weighted by atomic mass is 127. The smallest absolute Gasteiger partial charge is 0.222 e. The second-order valence-electron chi connectivity index (χ2n) is 11.6. The average Bonchev–Trinajstić information content (AvgIpc) is 3.24. The van der Waals surface area contributed by atoms with Crippen molar-refractivity contribution in [2.45, 2.75) is 0 Å². The Morgan fingerprint density at radius 3 is 1.09 bits per heavy atom. The largest absolute Gasteiger partial charge is 0.465 e. The second kappa shape index (κ2) is 21.1. The predicted molar refractivity (Wildman–Crippen MR) is 232 cm³/mol. The number of hydrogen-bond donors (Lipinski definition) is 0. The lowest BCUT2D eigenvalue weighted by atomic mass is 10.1. The van der Waals surface area contributed by atoms with Gasteiger partial charge in [0.2, 0.25) is 11.8 Å². The third-order valence-electron chi connectivity index (χ3n) is 7.53. The summed E-state index contributed by atoms with van der Waals surface area (Å²) in [6.45, 7) is 0. The van der Waals surface area contributed by atoms with Crippen LogP contribution in [0.3, 0.4) is 0 Å². The molecule has 0 N–H and O–H groups in total. The van der Waals surface area contributed by atoms with E-state index < -0.39 is 0 Å². The topological polar surface area (TPSA) is 61.6 Å². The minimum Gasteiger partial charge on any atom is -0.465 e. The minimum atomic E-state index is 0.435. The predicted octanol–water partition coefficient (Wildman–Crippen LogP) is 13.0. The van der Waals surface area contributed by atoms with Crippen molar-refractivity contribution in [3.63, 3.8) is 0 Å². The van der Waals surface area contributed by atoms with Gasteiger partial charge in [-0.3, -0.25) is 0 Å². The standard InChI is InChI=1S/C27H21NO2.C21H16INO2/c1-4-10-22(11-5-1)23-16-18-24(19-17-23)28-27(30-26-14-8-3-9-15-26)20-21-29-25-12-6-2-7-13-25;22-17-11-13-18(14-12-17)23-21(25-20-9-5-2-6-10-20)15-16-24-19-7-3-1-4-8-19/h1-21H;1-16H. The van der Waals surface area contributed by atoms with Crippen molar-refractivity contribution in [1.29, 1.82) is 0 Å². The molecule has 7 aromatic rings. The van der Waals surface area contributed by atoms with Crippen molar-refractivity contribution < 1.29 is 18.9 Å². The lowest BCUT2D eigenvalue weighted by molar-refractivity contribution is 0.478. The van der Waals surface area contributed by atoms with Crippen molar-refractivity contribution in [2.75, 3.05) is 0 Å². The Kier molecular flexibility index (Phi) is 14.6. The molecular formula is C48H37IN2O4. The van der Waals surface area contributed by atoms with Gasteiger partial charge in [0.05, 0.1) is 23.9 Å². The zero-order valence-corrected chi connectivity index (χ0v) is 31.9. The van der Waals surface area contributed by atoms with Crippen LogP contribution in [-0.2, 0) is 0 Å². The fourth-order valence-electron chi connectivity index (χ4n) is 4.88. The number of halogens is 1. The quantitative estimate of drug-likeness (QED) is 0.0564. The van der Waals surface area contributed by atoms with E-state index in [1.54, 1.807) is 24.7 Å². The van der Waals surface area contributed by atoms with Gasteiger partial charge in [-0.15, -0.1) is 0 Å². The van der Waals surface area contributed by atoms with Gasteiger partial charge in [0.15, 0.2) is 0 Å². The van der Waals surface area contributed by atoms with Crippen LogP contribution >= 0.6 is 22.6 Å². The Hall–Kier alpha value is -6.71. The Balaban J connectivity index is 0.000000190. The van der Waals surface area contributed by atoms with Gasteiger partial charge < -0.3 is 18.9 Å². The van der Waals surface area contributed by atoms with Gasteiger partial charge in [-0.1, -0.05) is 115 Å². The lowest BCUT2D eigenvalue weighted by Gasteiger charge is -2.07. The Morgan fingerprint density at radius 2 is 0.691 bits per heavy atom. The summed E-state index contributed by atoms with van der Waals surface area (Å²) in [6.07, 6.45) is 6.57. The van der Waals surface area contributed by atoms with E-state index in [9.17, 15) is 0 Å². The van der Waals surface area contributed by atoms with Gasteiger partial charge in [0.1, 0.15) is 23.0 Å². The second-order valence-corrected chi connectivity index (χ2v) is 12.8. The first-order chi connectivity index (χ1) is 27.2. The highest BCUT2D eigenvalue weighted by Gasteiger charge is 2.03. The van der Waals surface area contributed by atoms with Crippen LogP contribution in [0.4, 0.5) is 11.4 Å². The molecule has 0 saturated carbocycles. The number of hydrogen-bond acceptors (Lipinski definition) is 6. The molecule has 0 amide bonds. The summed E-state index contributed by atoms with van der Waals surface area (Å²) in [4.78, 5) is 9.20. The molecule has 0 radical (unpaired) electrons. The van der Waals surface area contributed by atoms with Gasteiger partial charge in [-0.05, 0) is 119 Å². The summed E-state index contributed by atoms with van der Waals surface area (Å²) in [6, 6.07) is 64.5. The van der Waals surface area contributed by atoms with E-state index in [0.29, 0.717) is 17.5 Å². The molecule has 0 fully saturated rings. The van der Waals surface area contributed by atoms with Crippen LogP contribution in [0, 0.1) is 3.57 Å². The zero-order valence-electron chi connectivity index (χ0n) is 29.8. The molecule has 0 saturated heterocycles. The molecular weight excluding hydrogens is 795 g/mol. The first-order valence-corrected chi connectivity index (χ1v) is 18.5. The molecule has 7 heteroatoms. The summed E-state index contributed by atoms with van der Waals surface area (Å²) < 4.78 is 24.2. The number of aliphatic imine (C=N–C) groups is 2. The molecule has 55 heavy (non-hydrogen) atoms. The highest BCUT2D eigenvalue weighted by molar-refractivity contribution is 14.1. The van der Waals surface area contributed by atoms with Crippen LogP contribution in [-0.4, -0.2) is 11.8 Å². The molecule has 270 valence electrons. The van der Waals surface area contributed by atoms with Crippen LogP contribution in [0.2, 0.25) is 0 Å². The van der Waals surface area contributed by atoms with Crippen molar-refractivity contribution in [2.24, 2.45) is 9.98 Å². The Morgan fingerprint density at radius 1 is 0.364 bits per heavy atom. The highest BCUT2D eigenvalue weighted by Crippen LogP contribution is 2.23. The van der Waals surface area contributed by atoms with E-state index in [2.05, 4.69) is 56.8 Å². The summed E-state index contributed by atoms with van der Waals surface area (Å²) in [7, 11) is 0. The van der Waals surface area contributed by atoms with Crippen LogP contribution < -0.4 is 18.9 Å². The maximum Gasteiger partial charge on any atom is 0.222 e. The third kappa shape index (κ3) is 13.3. The summed E-state index contributed by atoms with van der Waals surface area (Å²) >= 11 is 2.26. The van der Waals surface area contributed by atoms with Crippen molar-refractivity contribution >= 4 is 45.8 Å². The van der Waals surface area contributed by atoms with E-state index >= 15 is 0 Å². The van der Waals surface area contributed by atoms with E-state index in [1.807, 2.05) is 176 Å². The molecule has 0 heterocycles. The fourth-order valence-corrected chi connectivity index (χ4v) is 5.24. The SMILES string of the molecule is C(=CC(=Nc1ccc(-c2ccccc2)cc1)Oc1ccccc1)Oc1ccccc1.Ic1ccc(N=C(C=COc2ccccc2)Oc2ccccc2)cc1. The number of nitrogens with zero attached hydrogens (tertiary/aromatic N) is 2. The Labute approximate surface area is 335 Å². The maximum absolute atomic E-state index is 5.95. The summed E-state index contributed by atoms with van der Waals surface area (Å²) in [5.41, 5.74) is 3.92. The molecule has 0 atom stereocenters. The molecule has 0 unspecified atom stereocenters. The molecule has 0 aromatic heterocycles. The molecule has 0 bridgehead atoms. The molecule has 7 rings (SSSR count). The van der Waals surface area contributed by atoms with Gasteiger partial charge in [-0.25, -0.2) is 9.98 Å². The zero-order chi connectivity index (χ0) is 37.8. The monoisotopic (exact) mass is 832 g/mol. The number of benzene rings is 7. The van der Waals surface area contributed by atoms with Crippen LogP contribution in [0.1, 0.15) is 0 Å². The van der Waals surface area contributed by atoms with Gasteiger partial charge >= 0.3 is 0 Å². The normalized spacial score (nSPS) is 11.4. The molecule has 7 aromatic carbocycles. The molecule has 0 aliphatic heterocycles. The van der Waals surface area contributed by atoms with E-state index in [-0.39, 0.29) is 0 Å². The van der Waals surface area contributed by atoms with Crippen molar-refractivity contribution in [3.05, 3.63) is 228 Å². The molecule has 6 nitrogen and oxygen atoms in total. The lowest BCUT2D eigenvalue weighted by Crippen LogP contribution is -2.05. The van der Waals surface area contributed by atoms with E-state index in [0.717, 1.165) is 37.8 Å². The van der Waals surface area contributed by atoms with Crippen LogP contribution in [0.5, 0.6) is 23.0 Å². The van der Waals surface area contributed by atoms with Crippen molar-refractivity contribution in [1.82, 2.24) is 0 Å². The van der Waals surface area contributed by atoms with Crippen LogP contribution in [0.25, 0.3) is 11.1 Å². The first kappa shape index (κ1) is 38.0. The first-order valence-electron chi connectivity index (χ1n) is 17.5. The number of rotatable bonds is 11. The van der Waals surface area contributed by atoms with Gasteiger partial charge in [-0.2, -0.15) is 0 Å². The maximum atomic E-state index is 5.95. The van der Waals surface area contributed by atoms with Crippen LogP contribution in [0.15, 0.2) is 235 Å². The van der Waals surface area contributed by atoms with Gasteiger partial charge in [0, 0.05) is 15.7 Å². The average molecular weight is 833 g/mol. The van der Waals surface area contributed by atoms with Crippen molar-refractivity contribution in [3.8, 4) is 34.1 Å². The minimum absolute atomic E-state index is 0.435. The third-order valence-corrected chi connectivity index (χ3v) is 8.25. The number of ether oxygens (including phenoxy) is 4. The number of para-hydroxylation sites is 4. The summed E-state index contributed by atoms with van der Waals surface area (Å²) in [5, 5.41) is 0. The Bertz CT molecular complexity index is 2280. The molecule has 0 spiro atoms. The van der Waals surface area contributed by atoms with Gasteiger partial charge in [0.25, 0.3) is 0 Å². The molecule has 0 aliphatic carbocycles. The fraction of sp³-hybridized carbons (Fsp3) is 0. The summed E-state index contributed by atoms with van der Waals surface area (Å²) in [5.74, 6) is 3.82.